The van der Waals surface area contributed by atoms with Gasteiger partial charge in [0.15, 0.2) is 0 Å². The third-order valence-electron chi connectivity index (χ3n) is 0.785. The van der Waals surface area contributed by atoms with Crippen molar-refractivity contribution >= 4 is 16.8 Å². The predicted octanol–water partition coefficient (Wildman–Crippen LogP) is 1.55. The minimum Gasteiger partial charge on any atom is -0.297 e. The van der Waals surface area contributed by atoms with Crippen molar-refractivity contribution in [3.05, 3.63) is 25.3 Å². The van der Waals surface area contributed by atoms with Gasteiger partial charge in [-0.3, -0.25) is 4.57 Å². The molecule has 1 aromatic rings. The molecule has 1 rings (SSSR count). The van der Waals surface area contributed by atoms with E-state index in [1.165, 1.54) is 0 Å². The van der Waals surface area contributed by atoms with E-state index in [4.69, 9.17) is 11.6 Å². The van der Waals surface area contributed by atoms with Crippen LogP contribution in [0.2, 0.25) is 0 Å². The molecule has 0 aromatic carbocycles. The van der Waals surface area contributed by atoms with Crippen LogP contribution in [0.25, 0.3) is 5.16 Å². The Morgan fingerprint density at radius 3 is 2.75 bits per heavy atom. The standard InChI is InChI=1S/C5H5ClN2/c1-5(6)8-3-2-7-4-8/h2-4H,1H2. The summed E-state index contributed by atoms with van der Waals surface area (Å²) in [5.74, 6) is 0. The summed E-state index contributed by atoms with van der Waals surface area (Å²) in [5, 5.41) is 0.461. The molecule has 0 saturated carbocycles. The lowest BCUT2D eigenvalue weighted by atomic mass is 10.8. The quantitative estimate of drug-likeness (QED) is 0.561. The van der Waals surface area contributed by atoms with Gasteiger partial charge in [0.05, 0.1) is 6.33 Å². The van der Waals surface area contributed by atoms with Crippen LogP contribution in [0, 0.1) is 0 Å². The van der Waals surface area contributed by atoms with Crippen LogP contribution in [0.3, 0.4) is 0 Å². The molecule has 0 amide bonds. The summed E-state index contributed by atoms with van der Waals surface area (Å²) in [7, 11) is 0. The second-order valence-corrected chi connectivity index (χ2v) is 1.78. The SMILES string of the molecule is C=C(Cl)n1ccnc1. The molecule has 3 heteroatoms. The summed E-state index contributed by atoms with van der Waals surface area (Å²) in [4.78, 5) is 3.76. The number of hydrogen-bond donors (Lipinski definition) is 0. The first kappa shape index (κ1) is 5.38. The van der Waals surface area contributed by atoms with E-state index in [9.17, 15) is 0 Å². The van der Waals surface area contributed by atoms with Crippen molar-refractivity contribution in [1.82, 2.24) is 9.55 Å². The van der Waals surface area contributed by atoms with Crippen molar-refractivity contribution in [3.8, 4) is 0 Å². The highest BCUT2D eigenvalue weighted by Gasteiger charge is 1.86. The normalized spacial score (nSPS) is 9.12. The number of rotatable bonds is 1. The number of nitrogens with zero attached hydrogens (tertiary/aromatic N) is 2. The lowest BCUT2D eigenvalue weighted by molar-refractivity contribution is 1.13. The van der Waals surface area contributed by atoms with Gasteiger partial charge in [0.1, 0.15) is 5.16 Å². The van der Waals surface area contributed by atoms with Crippen molar-refractivity contribution < 1.29 is 0 Å². The molecule has 0 atom stereocenters. The second-order valence-electron chi connectivity index (χ2n) is 1.35. The lowest BCUT2D eigenvalue weighted by Crippen LogP contribution is -1.81. The molecule has 2 nitrogen and oxygen atoms in total. The highest BCUT2D eigenvalue weighted by atomic mass is 35.5. The molecule has 0 saturated heterocycles. The van der Waals surface area contributed by atoms with Crippen LogP contribution >= 0.6 is 11.6 Å². The smallest absolute Gasteiger partial charge is 0.106 e. The van der Waals surface area contributed by atoms with Crippen molar-refractivity contribution in [2.45, 2.75) is 0 Å². The van der Waals surface area contributed by atoms with Gasteiger partial charge in [-0.25, -0.2) is 4.98 Å². The third kappa shape index (κ3) is 0.898. The molecule has 42 valence electrons. The molecule has 0 aliphatic carbocycles. The summed E-state index contributed by atoms with van der Waals surface area (Å²) >= 11 is 5.47. The monoisotopic (exact) mass is 128 g/mol. The molecular weight excluding hydrogens is 124 g/mol. The van der Waals surface area contributed by atoms with Crippen LogP contribution < -0.4 is 0 Å². The van der Waals surface area contributed by atoms with E-state index in [0.29, 0.717) is 5.16 Å². The van der Waals surface area contributed by atoms with E-state index in [0.717, 1.165) is 0 Å². The molecule has 0 spiro atoms. The van der Waals surface area contributed by atoms with Crippen LogP contribution in [0.5, 0.6) is 0 Å². The van der Waals surface area contributed by atoms with Crippen LogP contribution in [-0.4, -0.2) is 9.55 Å². The molecule has 0 bridgehead atoms. The minimum absolute atomic E-state index is 0.461. The lowest BCUT2D eigenvalue weighted by Gasteiger charge is -1.91. The number of imidazole rings is 1. The highest BCUT2D eigenvalue weighted by Crippen LogP contribution is 2.03. The fraction of sp³-hybridized carbons (Fsp3) is 0. The fourth-order valence-electron chi connectivity index (χ4n) is 0.403. The van der Waals surface area contributed by atoms with E-state index < -0.39 is 0 Å². The third-order valence-corrected chi connectivity index (χ3v) is 0.980. The van der Waals surface area contributed by atoms with E-state index in [1.54, 1.807) is 23.3 Å². The Morgan fingerprint density at radius 2 is 2.50 bits per heavy atom. The maximum Gasteiger partial charge on any atom is 0.106 e. The zero-order valence-electron chi connectivity index (χ0n) is 4.21. The average molecular weight is 129 g/mol. The molecule has 8 heavy (non-hydrogen) atoms. The van der Waals surface area contributed by atoms with Crippen LogP contribution in [0.15, 0.2) is 25.3 Å². The van der Waals surface area contributed by atoms with Gasteiger partial charge in [-0.2, -0.15) is 0 Å². The minimum atomic E-state index is 0.461. The van der Waals surface area contributed by atoms with Crippen LogP contribution in [0.4, 0.5) is 0 Å². The van der Waals surface area contributed by atoms with Gasteiger partial charge in [0, 0.05) is 12.4 Å². The zero-order chi connectivity index (χ0) is 5.98. The van der Waals surface area contributed by atoms with E-state index in [1.807, 2.05) is 0 Å². The molecule has 0 radical (unpaired) electrons. The van der Waals surface area contributed by atoms with Gasteiger partial charge < -0.3 is 0 Å². The van der Waals surface area contributed by atoms with E-state index in [-0.39, 0.29) is 0 Å². The van der Waals surface area contributed by atoms with Crippen LogP contribution in [0.1, 0.15) is 0 Å². The number of aromatic nitrogens is 2. The van der Waals surface area contributed by atoms with E-state index >= 15 is 0 Å². The zero-order valence-corrected chi connectivity index (χ0v) is 4.97. The van der Waals surface area contributed by atoms with Crippen LogP contribution in [-0.2, 0) is 0 Å². The molecular formula is C5H5ClN2. The Labute approximate surface area is 52.4 Å². The fourth-order valence-corrected chi connectivity index (χ4v) is 0.503. The molecule has 0 N–H and O–H groups in total. The van der Waals surface area contributed by atoms with Gasteiger partial charge in [-0.15, -0.1) is 0 Å². The molecule has 0 aliphatic rings. The predicted molar refractivity (Wildman–Crippen MR) is 33.4 cm³/mol. The number of halogens is 1. The molecule has 0 aliphatic heterocycles. The first-order chi connectivity index (χ1) is 3.80. The first-order valence-corrected chi connectivity index (χ1v) is 2.51. The maximum atomic E-state index is 5.47. The Balaban J connectivity index is 2.93. The highest BCUT2D eigenvalue weighted by molar-refractivity contribution is 6.44. The summed E-state index contributed by atoms with van der Waals surface area (Å²) in [6, 6.07) is 0. The van der Waals surface area contributed by atoms with Crippen molar-refractivity contribution in [3.63, 3.8) is 0 Å². The number of hydrogen-bond acceptors (Lipinski definition) is 1. The topological polar surface area (TPSA) is 17.8 Å². The van der Waals surface area contributed by atoms with Crippen molar-refractivity contribution in [1.29, 1.82) is 0 Å². The molecule has 0 fully saturated rings. The Hall–Kier alpha value is -0.760. The summed E-state index contributed by atoms with van der Waals surface area (Å²) < 4.78 is 1.63. The average Bonchev–Trinajstić information content (AvgIpc) is 2.12. The Kier molecular flexibility index (Phi) is 1.35. The summed E-state index contributed by atoms with van der Waals surface area (Å²) in [6.45, 7) is 3.49. The largest absolute Gasteiger partial charge is 0.297 e. The molecule has 0 unspecified atom stereocenters. The second kappa shape index (κ2) is 2.01. The molecule has 1 aromatic heterocycles. The Bertz CT molecular complexity index is 178. The van der Waals surface area contributed by atoms with Gasteiger partial charge in [0.2, 0.25) is 0 Å². The van der Waals surface area contributed by atoms with Gasteiger partial charge in [-0.05, 0) is 0 Å². The summed E-state index contributed by atoms with van der Waals surface area (Å²) in [5.41, 5.74) is 0. The van der Waals surface area contributed by atoms with Gasteiger partial charge in [0.25, 0.3) is 0 Å². The van der Waals surface area contributed by atoms with Gasteiger partial charge >= 0.3 is 0 Å². The first-order valence-electron chi connectivity index (χ1n) is 2.13. The van der Waals surface area contributed by atoms with Crippen molar-refractivity contribution in [2.24, 2.45) is 0 Å². The van der Waals surface area contributed by atoms with Crippen molar-refractivity contribution in [2.75, 3.05) is 0 Å². The maximum absolute atomic E-state index is 5.47. The summed E-state index contributed by atoms with van der Waals surface area (Å²) in [6.07, 6.45) is 4.97. The molecule has 1 heterocycles. The Morgan fingerprint density at radius 1 is 1.75 bits per heavy atom. The van der Waals surface area contributed by atoms with E-state index in [2.05, 4.69) is 11.6 Å². The van der Waals surface area contributed by atoms with Gasteiger partial charge in [-0.1, -0.05) is 18.2 Å².